The van der Waals surface area contributed by atoms with Gasteiger partial charge in [-0.25, -0.2) is 0 Å². The number of hydrogen-bond donors (Lipinski definition) is 0. The first kappa shape index (κ1) is 10.7. The van der Waals surface area contributed by atoms with Crippen molar-refractivity contribution < 1.29 is 4.79 Å². The molecule has 0 aliphatic carbocycles. The second-order valence-electron chi connectivity index (χ2n) is 3.92. The summed E-state index contributed by atoms with van der Waals surface area (Å²) in [6, 6.07) is 5.81. The Balaban J connectivity index is 2.35. The highest BCUT2D eigenvalue weighted by Crippen LogP contribution is 2.30. The van der Waals surface area contributed by atoms with Crippen molar-refractivity contribution in [1.82, 2.24) is 0 Å². The topological polar surface area (TPSA) is 20.3 Å². The van der Waals surface area contributed by atoms with Crippen molar-refractivity contribution in [1.29, 1.82) is 0 Å². The van der Waals surface area contributed by atoms with Gasteiger partial charge in [0.1, 0.15) is 0 Å². The van der Waals surface area contributed by atoms with Crippen molar-refractivity contribution in [3.05, 3.63) is 28.2 Å². The molecule has 0 saturated carbocycles. The number of hydrogen-bond acceptors (Lipinski definition) is 2. The lowest BCUT2D eigenvalue weighted by atomic mass is 10.1. The zero-order chi connectivity index (χ0) is 10.8. The minimum absolute atomic E-state index is 0.128. The highest BCUT2D eigenvalue weighted by molar-refractivity contribution is 9.10. The van der Waals surface area contributed by atoms with Crippen molar-refractivity contribution in [2.75, 3.05) is 18.0 Å². The van der Waals surface area contributed by atoms with Gasteiger partial charge in [-0.1, -0.05) is 6.07 Å². The maximum atomic E-state index is 11.3. The third-order valence-corrected chi connectivity index (χ3v) is 3.47. The van der Waals surface area contributed by atoms with Gasteiger partial charge >= 0.3 is 0 Å². The lowest BCUT2D eigenvalue weighted by Gasteiger charge is -2.19. The van der Waals surface area contributed by atoms with Crippen LogP contribution in [-0.4, -0.2) is 18.9 Å². The van der Waals surface area contributed by atoms with Crippen LogP contribution in [0.2, 0.25) is 0 Å². The van der Waals surface area contributed by atoms with E-state index in [-0.39, 0.29) is 5.78 Å². The minimum Gasteiger partial charge on any atom is -0.371 e. The van der Waals surface area contributed by atoms with Gasteiger partial charge < -0.3 is 4.90 Å². The van der Waals surface area contributed by atoms with Gasteiger partial charge in [0.05, 0.1) is 5.69 Å². The van der Waals surface area contributed by atoms with E-state index in [1.165, 1.54) is 12.8 Å². The van der Waals surface area contributed by atoms with Crippen molar-refractivity contribution in [3.8, 4) is 0 Å². The van der Waals surface area contributed by atoms with Gasteiger partial charge in [-0.2, -0.15) is 0 Å². The molecule has 1 heterocycles. The molecule has 1 aromatic carbocycles. The summed E-state index contributed by atoms with van der Waals surface area (Å²) in [5.41, 5.74) is 1.94. The van der Waals surface area contributed by atoms with E-state index < -0.39 is 0 Å². The smallest absolute Gasteiger partial charge is 0.159 e. The summed E-state index contributed by atoms with van der Waals surface area (Å²) in [6.07, 6.45) is 2.49. The fraction of sp³-hybridized carbons (Fsp3) is 0.417. The maximum absolute atomic E-state index is 11.3. The van der Waals surface area contributed by atoms with E-state index in [9.17, 15) is 4.79 Å². The molecule has 15 heavy (non-hydrogen) atoms. The monoisotopic (exact) mass is 267 g/mol. The summed E-state index contributed by atoms with van der Waals surface area (Å²) in [4.78, 5) is 13.6. The zero-order valence-corrected chi connectivity index (χ0v) is 10.4. The van der Waals surface area contributed by atoms with Crippen molar-refractivity contribution in [2.24, 2.45) is 0 Å². The molecule has 1 aliphatic rings. The van der Waals surface area contributed by atoms with Gasteiger partial charge in [0.15, 0.2) is 5.78 Å². The number of rotatable bonds is 2. The number of nitrogens with zero attached hydrogens (tertiary/aromatic N) is 1. The zero-order valence-electron chi connectivity index (χ0n) is 8.79. The molecular weight excluding hydrogens is 254 g/mol. The summed E-state index contributed by atoms with van der Waals surface area (Å²) >= 11 is 3.54. The molecule has 0 unspecified atom stereocenters. The van der Waals surface area contributed by atoms with Crippen LogP contribution in [0.1, 0.15) is 30.1 Å². The van der Waals surface area contributed by atoms with Gasteiger partial charge in [-0.15, -0.1) is 0 Å². The molecule has 0 aromatic heterocycles. The van der Waals surface area contributed by atoms with E-state index >= 15 is 0 Å². The Labute approximate surface area is 98.4 Å². The molecule has 2 rings (SSSR count). The molecule has 0 bridgehead atoms. The Morgan fingerprint density at radius 2 is 2.00 bits per heavy atom. The minimum atomic E-state index is 0.128. The van der Waals surface area contributed by atoms with E-state index in [2.05, 4.69) is 20.8 Å². The highest BCUT2D eigenvalue weighted by atomic mass is 79.9. The molecular formula is C12H14BrNO. The lowest BCUT2D eigenvalue weighted by Crippen LogP contribution is -2.18. The number of benzene rings is 1. The molecule has 0 amide bonds. The van der Waals surface area contributed by atoms with Gasteiger partial charge in [0.2, 0.25) is 0 Å². The van der Waals surface area contributed by atoms with E-state index in [0.717, 1.165) is 28.8 Å². The van der Waals surface area contributed by atoms with Gasteiger partial charge in [0, 0.05) is 23.1 Å². The average Bonchev–Trinajstić information content (AvgIpc) is 2.71. The summed E-state index contributed by atoms with van der Waals surface area (Å²) in [7, 11) is 0. The van der Waals surface area contributed by atoms with Crippen LogP contribution in [0, 0.1) is 0 Å². The number of carbonyl (C=O) groups is 1. The molecule has 0 atom stereocenters. The predicted octanol–water partition coefficient (Wildman–Crippen LogP) is 3.25. The van der Waals surface area contributed by atoms with Crippen LogP contribution in [0.3, 0.4) is 0 Å². The second kappa shape index (κ2) is 4.35. The van der Waals surface area contributed by atoms with Crippen LogP contribution in [0.25, 0.3) is 0 Å². The average molecular weight is 268 g/mol. The Kier molecular flexibility index (Phi) is 3.10. The first-order chi connectivity index (χ1) is 7.18. The summed E-state index contributed by atoms with van der Waals surface area (Å²) in [5.74, 6) is 0.128. The van der Waals surface area contributed by atoms with Crippen LogP contribution in [0.4, 0.5) is 5.69 Å². The SMILES string of the molecule is CC(=O)c1ccc(Br)c(N2CCCC2)c1. The van der Waals surface area contributed by atoms with Crippen LogP contribution in [0.15, 0.2) is 22.7 Å². The van der Waals surface area contributed by atoms with Crippen LogP contribution in [0.5, 0.6) is 0 Å². The quantitative estimate of drug-likeness (QED) is 0.767. The normalized spacial score (nSPS) is 15.7. The van der Waals surface area contributed by atoms with Crippen LogP contribution < -0.4 is 4.90 Å². The van der Waals surface area contributed by atoms with Crippen molar-refractivity contribution >= 4 is 27.4 Å². The number of ketones is 1. The second-order valence-corrected chi connectivity index (χ2v) is 4.77. The number of carbonyl (C=O) groups excluding carboxylic acids is 1. The van der Waals surface area contributed by atoms with Crippen LogP contribution in [-0.2, 0) is 0 Å². The first-order valence-corrected chi connectivity index (χ1v) is 6.03. The van der Waals surface area contributed by atoms with E-state index in [0.29, 0.717) is 0 Å². The molecule has 1 fully saturated rings. The maximum Gasteiger partial charge on any atom is 0.159 e. The highest BCUT2D eigenvalue weighted by Gasteiger charge is 2.15. The molecule has 1 aliphatic heterocycles. The number of Topliss-reactive ketones (excluding diaryl/α,β-unsaturated/α-hetero) is 1. The van der Waals surface area contributed by atoms with Gasteiger partial charge in [-0.05, 0) is 47.8 Å². The first-order valence-electron chi connectivity index (χ1n) is 5.24. The predicted molar refractivity (Wildman–Crippen MR) is 65.6 cm³/mol. The Hall–Kier alpha value is -0.830. The number of anilines is 1. The fourth-order valence-corrected chi connectivity index (χ4v) is 2.43. The molecule has 1 aromatic rings. The molecule has 0 radical (unpaired) electrons. The van der Waals surface area contributed by atoms with Gasteiger partial charge in [0.25, 0.3) is 0 Å². The summed E-state index contributed by atoms with van der Waals surface area (Å²) in [5, 5.41) is 0. The number of halogens is 1. The Morgan fingerprint density at radius 3 is 2.60 bits per heavy atom. The lowest BCUT2D eigenvalue weighted by molar-refractivity contribution is 0.101. The molecule has 1 saturated heterocycles. The van der Waals surface area contributed by atoms with E-state index in [1.807, 2.05) is 18.2 Å². The molecule has 2 nitrogen and oxygen atoms in total. The molecule has 0 N–H and O–H groups in total. The molecule has 80 valence electrons. The van der Waals surface area contributed by atoms with Gasteiger partial charge in [-0.3, -0.25) is 4.79 Å². The Morgan fingerprint density at radius 1 is 1.33 bits per heavy atom. The summed E-state index contributed by atoms with van der Waals surface area (Å²) < 4.78 is 1.08. The molecule has 0 spiro atoms. The molecule has 3 heteroatoms. The summed E-state index contributed by atoms with van der Waals surface area (Å²) in [6.45, 7) is 3.80. The van der Waals surface area contributed by atoms with Crippen LogP contribution >= 0.6 is 15.9 Å². The fourth-order valence-electron chi connectivity index (χ4n) is 1.93. The Bertz CT molecular complexity index is 383. The van der Waals surface area contributed by atoms with Crippen molar-refractivity contribution in [2.45, 2.75) is 19.8 Å². The third kappa shape index (κ3) is 2.23. The van der Waals surface area contributed by atoms with E-state index in [4.69, 9.17) is 0 Å². The third-order valence-electron chi connectivity index (χ3n) is 2.80. The van der Waals surface area contributed by atoms with E-state index in [1.54, 1.807) is 6.92 Å². The largest absolute Gasteiger partial charge is 0.371 e. The van der Waals surface area contributed by atoms with Crippen molar-refractivity contribution in [3.63, 3.8) is 0 Å². The standard InChI is InChI=1S/C12H14BrNO/c1-9(15)10-4-5-11(13)12(8-10)14-6-2-3-7-14/h4-5,8H,2-3,6-7H2,1H3.